The first kappa shape index (κ1) is 31.8. The molecule has 0 aliphatic carbocycles. The molecule has 5 atom stereocenters. The van der Waals surface area contributed by atoms with Gasteiger partial charge in [0.15, 0.2) is 41.3 Å². The Labute approximate surface area is 268 Å². The maximum atomic E-state index is 13.4. The third-order valence-corrected chi connectivity index (χ3v) is 7.91. The van der Waals surface area contributed by atoms with E-state index in [4.69, 9.17) is 47.4 Å². The van der Waals surface area contributed by atoms with Gasteiger partial charge in [0.1, 0.15) is 19.0 Å². The molecule has 6 rings (SSSR count). The Hall–Kier alpha value is -5.21. The first-order chi connectivity index (χ1) is 22.6. The SMILES string of the molecule is C=CCOC(=O)O[C@H]1[C@H](OC(C)=O)[C@@H](O)C(Oc2c3c(c(-c4ccc5c(c4)OCO5)c4cc(OC)c(OC)cc24)C(=O)OC3)O[C@@H]1C. The molecule has 3 heterocycles. The van der Waals surface area contributed by atoms with Gasteiger partial charge in [-0.3, -0.25) is 4.79 Å². The van der Waals surface area contributed by atoms with E-state index in [1.807, 2.05) is 0 Å². The number of rotatable bonds is 9. The van der Waals surface area contributed by atoms with Crippen molar-refractivity contribution in [1.29, 1.82) is 0 Å². The molecule has 47 heavy (non-hydrogen) atoms. The van der Waals surface area contributed by atoms with E-state index < -0.39 is 48.8 Å². The molecule has 1 unspecified atom stereocenters. The Bertz CT molecular complexity index is 1750. The molecule has 1 saturated heterocycles. The molecule has 14 nitrogen and oxygen atoms in total. The van der Waals surface area contributed by atoms with Gasteiger partial charge >= 0.3 is 18.1 Å². The average Bonchev–Trinajstić information content (AvgIpc) is 3.69. The van der Waals surface area contributed by atoms with Gasteiger partial charge in [0.05, 0.1) is 25.9 Å². The van der Waals surface area contributed by atoms with Crippen molar-refractivity contribution in [2.75, 3.05) is 27.6 Å². The quantitative estimate of drug-likeness (QED) is 0.200. The molecular weight excluding hydrogens is 620 g/mol. The Kier molecular flexibility index (Phi) is 8.71. The number of methoxy groups -OCH3 is 2. The highest BCUT2D eigenvalue weighted by atomic mass is 16.8. The van der Waals surface area contributed by atoms with Crippen LogP contribution in [0, 0.1) is 0 Å². The molecule has 3 aliphatic rings. The maximum absolute atomic E-state index is 13.4. The summed E-state index contributed by atoms with van der Waals surface area (Å²) >= 11 is 0. The zero-order valence-electron chi connectivity index (χ0n) is 25.9. The highest BCUT2D eigenvalue weighted by Gasteiger charge is 2.50. The molecule has 1 N–H and O–H groups in total. The van der Waals surface area contributed by atoms with Crippen LogP contribution in [0.3, 0.4) is 0 Å². The van der Waals surface area contributed by atoms with Crippen molar-refractivity contribution in [1.82, 2.24) is 0 Å². The predicted molar refractivity (Wildman–Crippen MR) is 161 cm³/mol. The lowest BCUT2D eigenvalue weighted by Gasteiger charge is -2.42. The van der Waals surface area contributed by atoms with Crippen molar-refractivity contribution in [2.45, 2.75) is 51.2 Å². The van der Waals surface area contributed by atoms with Gasteiger partial charge in [0.2, 0.25) is 13.1 Å². The number of cyclic esters (lactones) is 1. The van der Waals surface area contributed by atoms with Crippen LogP contribution in [0.15, 0.2) is 43.0 Å². The summed E-state index contributed by atoms with van der Waals surface area (Å²) in [5.74, 6) is 0.601. The van der Waals surface area contributed by atoms with Crippen LogP contribution in [-0.4, -0.2) is 81.5 Å². The fraction of sp³-hybridized carbons (Fsp3) is 0.364. The minimum absolute atomic E-state index is 0.0653. The molecule has 0 saturated carbocycles. The van der Waals surface area contributed by atoms with E-state index >= 15 is 0 Å². The predicted octanol–water partition coefficient (Wildman–Crippen LogP) is 4.05. The first-order valence-corrected chi connectivity index (χ1v) is 14.6. The van der Waals surface area contributed by atoms with Gasteiger partial charge in [-0.25, -0.2) is 9.59 Å². The van der Waals surface area contributed by atoms with Gasteiger partial charge in [0.25, 0.3) is 0 Å². The molecule has 248 valence electrons. The van der Waals surface area contributed by atoms with Gasteiger partial charge in [-0.05, 0) is 42.1 Å². The summed E-state index contributed by atoms with van der Waals surface area (Å²) in [4.78, 5) is 37.7. The molecule has 3 aromatic rings. The van der Waals surface area contributed by atoms with Gasteiger partial charge < -0.3 is 52.5 Å². The smallest absolute Gasteiger partial charge is 0.493 e. The highest BCUT2D eigenvalue weighted by molar-refractivity contribution is 6.14. The summed E-state index contributed by atoms with van der Waals surface area (Å²) in [7, 11) is 2.96. The lowest BCUT2D eigenvalue weighted by atomic mass is 9.89. The normalized spacial score (nSPS) is 22.6. The van der Waals surface area contributed by atoms with Crippen molar-refractivity contribution in [2.24, 2.45) is 0 Å². The summed E-state index contributed by atoms with van der Waals surface area (Å²) in [6, 6.07) is 8.68. The molecule has 0 radical (unpaired) electrons. The van der Waals surface area contributed by atoms with Crippen molar-refractivity contribution in [3.63, 3.8) is 0 Å². The summed E-state index contributed by atoms with van der Waals surface area (Å²) < 4.78 is 55.9. The zero-order chi connectivity index (χ0) is 33.4. The number of aliphatic hydroxyl groups excluding tert-OH is 1. The van der Waals surface area contributed by atoms with E-state index in [0.29, 0.717) is 50.5 Å². The number of hydrogen-bond donors (Lipinski definition) is 1. The fourth-order valence-corrected chi connectivity index (χ4v) is 5.86. The van der Waals surface area contributed by atoms with E-state index in [1.165, 1.54) is 20.3 Å². The van der Waals surface area contributed by atoms with Crippen molar-refractivity contribution >= 4 is 28.9 Å². The summed E-state index contributed by atoms with van der Waals surface area (Å²) in [6.45, 7) is 5.97. The minimum Gasteiger partial charge on any atom is -0.493 e. The Morgan fingerprint density at radius 2 is 1.70 bits per heavy atom. The third kappa shape index (κ3) is 5.81. The molecule has 0 bridgehead atoms. The number of benzene rings is 3. The van der Waals surface area contributed by atoms with Crippen LogP contribution in [0.1, 0.15) is 29.8 Å². The first-order valence-electron chi connectivity index (χ1n) is 14.6. The number of fused-ring (bicyclic) bond motifs is 3. The van der Waals surface area contributed by atoms with E-state index in [1.54, 1.807) is 37.3 Å². The van der Waals surface area contributed by atoms with Crippen LogP contribution in [0.2, 0.25) is 0 Å². The molecule has 3 aliphatic heterocycles. The molecule has 1 fully saturated rings. The molecular formula is C33H32O14. The second-order valence-electron chi connectivity index (χ2n) is 10.8. The summed E-state index contributed by atoms with van der Waals surface area (Å²) in [5, 5.41) is 12.4. The number of hydrogen-bond acceptors (Lipinski definition) is 14. The fourth-order valence-electron chi connectivity index (χ4n) is 5.86. The van der Waals surface area contributed by atoms with Crippen molar-refractivity contribution in [3.8, 4) is 39.9 Å². The number of carbonyl (C=O) groups excluding carboxylic acids is 3. The average molecular weight is 653 g/mol. The van der Waals surface area contributed by atoms with Gasteiger partial charge in [-0.15, -0.1) is 0 Å². The van der Waals surface area contributed by atoms with Gasteiger partial charge in [0, 0.05) is 23.4 Å². The topological polar surface area (TPSA) is 164 Å². The molecule has 0 aromatic heterocycles. The van der Waals surface area contributed by atoms with E-state index in [2.05, 4.69) is 6.58 Å². The second-order valence-corrected chi connectivity index (χ2v) is 10.8. The summed E-state index contributed by atoms with van der Waals surface area (Å²) in [6.07, 6.45) is -6.47. The number of esters is 2. The maximum Gasteiger partial charge on any atom is 0.509 e. The summed E-state index contributed by atoms with van der Waals surface area (Å²) in [5.41, 5.74) is 1.75. The Morgan fingerprint density at radius 1 is 0.979 bits per heavy atom. The third-order valence-electron chi connectivity index (χ3n) is 7.91. The van der Waals surface area contributed by atoms with Crippen molar-refractivity contribution < 1.29 is 66.9 Å². The largest absolute Gasteiger partial charge is 0.509 e. The van der Waals surface area contributed by atoms with E-state index in [-0.39, 0.29) is 31.3 Å². The van der Waals surface area contributed by atoms with Crippen LogP contribution in [0.4, 0.5) is 4.79 Å². The van der Waals surface area contributed by atoms with Crippen LogP contribution < -0.4 is 23.7 Å². The standard InChI is InChI=1S/C33H32O14/c1-6-9-40-33(37)47-28-15(2)44-32(27(35)30(28)45-16(3)34)46-29-19-12-23(39-5)22(38-4)11-18(19)25(26-20(29)13-41-31(26)36)17-7-8-21-24(10-17)43-14-42-21/h6-8,10-12,15,27-28,30,32,35H,1,9,13-14H2,2-5H3/t15-,27-,28-,30-,32?/m1/s1. The number of aliphatic hydroxyl groups is 1. The van der Waals surface area contributed by atoms with Gasteiger partial charge in [-0.2, -0.15) is 0 Å². The molecule has 0 amide bonds. The van der Waals surface area contributed by atoms with E-state index in [9.17, 15) is 19.5 Å². The lowest BCUT2D eigenvalue weighted by Crippen LogP contribution is -2.60. The van der Waals surface area contributed by atoms with Crippen LogP contribution in [-0.2, 0) is 35.1 Å². The van der Waals surface area contributed by atoms with E-state index in [0.717, 1.165) is 6.92 Å². The van der Waals surface area contributed by atoms with Crippen LogP contribution in [0.5, 0.6) is 28.7 Å². The van der Waals surface area contributed by atoms with Gasteiger partial charge in [-0.1, -0.05) is 18.7 Å². The molecule has 0 spiro atoms. The second kappa shape index (κ2) is 12.9. The zero-order valence-corrected chi connectivity index (χ0v) is 25.9. The molecule has 14 heteroatoms. The lowest BCUT2D eigenvalue weighted by molar-refractivity contribution is -0.273. The highest BCUT2D eigenvalue weighted by Crippen LogP contribution is 2.50. The Morgan fingerprint density at radius 3 is 2.40 bits per heavy atom. The van der Waals surface area contributed by atoms with Crippen molar-refractivity contribution in [3.05, 3.63) is 54.1 Å². The van der Waals surface area contributed by atoms with Crippen LogP contribution in [0.25, 0.3) is 21.9 Å². The number of carbonyl (C=O) groups is 3. The number of ether oxygens (including phenoxy) is 10. The molecule has 3 aromatic carbocycles. The minimum atomic E-state index is -1.66. The van der Waals surface area contributed by atoms with Crippen LogP contribution >= 0.6 is 0 Å². The monoisotopic (exact) mass is 652 g/mol. The Balaban J connectivity index is 1.47.